The lowest BCUT2D eigenvalue weighted by Gasteiger charge is -2.09. The van der Waals surface area contributed by atoms with E-state index >= 15 is 0 Å². The molecule has 0 saturated heterocycles. The molecular formula is C21H19N7. The molecule has 4 rings (SSSR count). The lowest BCUT2D eigenvalue weighted by atomic mass is 10.2. The highest BCUT2D eigenvalue weighted by atomic mass is 15.2. The Morgan fingerprint density at radius 1 is 0.821 bits per heavy atom. The number of rotatable bonds is 6. The van der Waals surface area contributed by atoms with Crippen molar-refractivity contribution in [3.05, 3.63) is 84.1 Å². The van der Waals surface area contributed by atoms with Gasteiger partial charge in [0.15, 0.2) is 11.6 Å². The SMILES string of the molecule is Cc1cc(Nc2cc(Nc3ccncc3)nc(/C=C/c3ccccc3)n2)n[nH]1. The zero-order valence-electron chi connectivity index (χ0n) is 15.3. The van der Waals surface area contributed by atoms with Crippen molar-refractivity contribution in [3.8, 4) is 0 Å². The van der Waals surface area contributed by atoms with Gasteiger partial charge in [0.25, 0.3) is 0 Å². The van der Waals surface area contributed by atoms with Crippen LogP contribution in [-0.4, -0.2) is 25.1 Å². The summed E-state index contributed by atoms with van der Waals surface area (Å²) in [5.74, 6) is 2.59. The lowest BCUT2D eigenvalue weighted by Crippen LogP contribution is -2.02. The summed E-state index contributed by atoms with van der Waals surface area (Å²) in [7, 11) is 0. The van der Waals surface area contributed by atoms with Crippen LogP contribution in [0.1, 0.15) is 17.1 Å². The van der Waals surface area contributed by atoms with Crippen molar-refractivity contribution in [1.29, 1.82) is 0 Å². The molecule has 28 heavy (non-hydrogen) atoms. The van der Waals surface area contributed by atoms with Crippen LogP contribution in [0.25, 0.3) is 12.2 Å². The minimum atomic E-state index is 0.581. The monoisotopic (exact) mass is 369 g/mol. The fourth-order valence-electron chi connectivity index (χ4n) is 2.60. The summed E-state index contributed by atoms with van der Waals surface area (Å²) in [6, 6.07) is 17.5. The van der Waals surface area contributed by atoms with Crippen LogP contribution in [0.5, 0.6) is 0 Å². The van der Waals surface area contributed by atoms with Crippen molar-refractivity contribution < 1.29 is 0 Å². The van der Waals surface area contributed by atoms with Crippen molar-refractivity contribution >= 4 is 35.3 Å². The second kappa shape index (κ2) is 8.13. The molecular weight excluding hydrogens is 350 g/mol. The van der Waals surface area contributed by atoms with Gasteiger partial charge in [0.1, 0.15) is 11.6 Å². The normalized spacial score (nSPS) is 10.9. The third-order valence-electron chi connectivity index (χ3n) is 3.88. The fraction of sp³-hybridized carbons (Fsp3) is 0.0476. The minimum Gasteiger partial charge on any atom is -0.340 e. The van der Waals surface area contributed by atoms with Gasteiger partial charge >= 0.3 is 0 Å². The maximum Gasteiger partial charge on any atom is 0.156 e. The van der Waals surface area contributed by atoms with Gasteiger partial charge in [-0.1, -0.05) is 36.4 Å². The van der Waals surface area contributed by atoms with E-state index < -0.39 is 0 Å². The van der Waals surface area contributed by atoms with Crippen molar-refractivity contribution in [2.24, 2.45) is 0 Å². The van der Waals surface area contributed by atoms with Gasteiger partial charge in [-0.2, -0.15) is 5.10 Å². The summed E-state index contributed by atoms with van der Waals surface area (Å²) >= 11 is 0. The molecule has 3 aromatic heterocycles. The summed E-state index contributed by atoms with van der Waals surface area (Å²) in [5, 5.41) is 13.6. The fourth-order valence-corrected chi connectivity index (χ4v) is 2.60. The van der Waals surface area contributed by atoms with Gasteiger partial charge in [0.05, 0.1) is 0 Å². The first-order valence-electron chi connectivity index (χ1n) is 8.83. The zero-order chi connectivity index (χ0) is 19.2. The number of benzene rings is 1. The van der Waals surface area contributed by atoms with Gasteiger partial charge in [-0.15, -0.1) is 0 Å². The highest BCUT2D eigenvalue weighted by Gasteiger charge is 2.06. The molecule has 1 aromatic carbocycles. The molecule has 0 aliphatic heterocycles. The molecule has 0 aliphatic carbocycles. The van der Waals surface area contributed by atoms with Gasteiger partial charge in [0, 0.05) is 35.9 Å². The molecule has 7 nitrogen and oxygen atoms in total. The van der Waals surface area contributed by atoms with E-state index in [0.717, 1.165) is 16.9 Å². The van der Waals surface area contributed by atoms with Crippen LogP contribution < -0.4 is 10.6 Å². The summed E-state index contributed by atoms with van der Waals surface area (Å²) < 4.78 is 0. The molecule has 3 N–H and O–H groups in total. The smallest absolute Gasteiger partial charge is 0.156 e. The average Bonchev–Trinajstić information content (AvgIpc) is 3.12. The third-order valence-corrected chi connectivity index (χ3v) is 3.88. The van der Waals surface area contributed by atoms with Crippen LogP contribution >= 0.6 is 0 Å². The first kappa shape index (κ1) is 17.4. The molecule has 0 fully saturated rings. The number of aromatic nitrogens is 5. The van der Waals surface area contributed by atoms with E-state index in [1.165, 1.54) is 0 Å². The van der Waals surface area contributed by atoms with E-state index in [-0.39, 0.29) is 0 Å². The molecule has 7 heteroatoms. The number of pyridine rings is 1. The van der Waals surface area contributed by atoms with Crippen LogP contribution in [0.4, 0.5) is 23.1 Å². The van der Waals surface area contributed by atoms with Crippen LogP contribution in [0.2, 0.25) is 0 Å². The number of hydrogen-bond acceptors (Lipinski definition) is 6. The Balaban J connectivity index is 1.64. The Hall–Kier alpha value is -4.00. The number of H-pyrrole nitrogens is 1. The third kappa shape index (κ3) is 4.59. The maximum atomic E-state index is 4.59. The molecule has 0 spiro atoms. The number of nitrogens with one attached hydrogen (secondary N) is 3. The van der Waals surface area contributed by atoms with Gasteiger partial charge in [-0.05, 0) is 30.7 Å². The first-order chi connectivity index (χ1) is 13.7. The Morgan fingerprint density at radius 3 is 2.29 bits per heavy atom. The second-order valence-electron chi connectivity index (χ2n) is 6.16. The van der Waals surface area contributed by atoms with E-state index in [9.17, 15) is 0 Å². The quantitative estimate of drug-likeness (QED) is 0.461. The molecule has 0 amide bonds. The van der Waals surface area contributed by atoms with Gasteiger partial charge in [0.2, 0.25) is 0 Å². The number of hydrogen-bond donors (Lipinski definition) is 3. The molecule has 0 aliphatic rings. The molecule has 4 aromatic rings. The zero-order valence-corrected chi connectivity index (χ0v) is 15.3. The Kier molecular flexibility index (Phi) is 5.06. The second-order valence-corrected chi connectivity index (χ2v) is 6.16. The van der Waals surface area contributed by atoms with E-state index in [1.54, 1.807) is 12.4 Å². The van der Waals surface area contributed by atoms with Crippen molar-refractivity contribution in [2.45, 2.75) is 6.92 Å². The van der Waals surface area contributed by atoms with Gasteiger partial charge < -0.3 is 10.6 Å². The topological polar surface area (TPSA) is 91.4 Å². The highest BCUT2D eigenvalue weighted by molar-refractivity contribution is 5.69. The predicted octanol–water partition coefficient (Wildman–Crippen LogP) is 4.56. The van der Waals surface area contributed by atoms with E-state index in [1.807, 2.05) is 73.7 Å². The van der Waals surface area contributed by atoms with E-state index in [2.05, 4.69) is 35.8 Å². The van der Waals surface area contributed by atoms with E-state index in [4.69, 9.17) is 0 Å². The molecule has 0 bridgehead atoms. The summed E-state index contributed by atoms with van der Waals surface area (Å²) in [4.78, 5) is 13.2. The number of aromatic amines is 1. The average molecular weight is 369 g/mol. The molecule has 0 unspecified atom stereocenters. The van der Waals surface area contributed by atoms with Crippen LogP contribution in [-0.2, 0) is 0 Å². The highest BCUT2D eigenvalue weighted by Crippen LogP contribution is 2.20. The molecule has 3 heterocycles. The minimum absolute atomic E-state index is 0.581. The predicted molar refractivity (Wildman–Crippen MR) is 112 cm³/mol. The van der Waals surface area contributed by atoms with Crippen molar-refractivity contribution in [2.75, 3.05) is 10.6 Å². The molecule has 0 saturated carbocycles. The van der Waals surface area contributed by atoms with Crippen LogP contribution in [0.3, 0.4) is 0 Å². The Morgan fingerprint density at radius 2 is 1.57 bits per heavy atom. The lowest BCUT2D eigenvalue weighted by molar-refractivity contribution is 1.04. The summed E-state index contributed by atoms with van der Waals surface area (Å²) in [6.45, 7) is 1.95. The Labute approximate surface area is 162 Å². The van der Waals surface area contributed by atoms with Crippen molar-refractivity contribution in [3.63, 3.8) is 0 Å². The maximum absolute atomic E-state index is 4.59. The first-order valence-corrected chi connectivity index (χ1v) is 8.83. The number of nitrogens with zero attached hydrogens (tertiary/aromatic N) is 4. The van der Waals surface area contributed by atoms with E-state index in [0.29, 0.717) is 23.3 Å². The molecule has 138 valence electrons. The summed E-state index contributed by atoms with van der Waals surface area (Å²) in [6.07, 6.45) is 7.32. The van der Waals surface area contributed by atoms with Crippen molar-refractivity contribution in [1.82, 2.24) is 25.1 Å². The van der Waals surface area contributed by atoms with Crippen LogP contribution in [0, 0.1) is 6.92 Å². The number of anilines is 4. The molecule has 0 radical (unpaired) electrons. The molecule has 0 atom stereocenters. The standard InChI is InChI=1S/C21H19N7/c1-15-13-21(28-27-15)26-20-14-19(23-17-9-11-22-12-10-17)24-18(25-20)8-7-16-5-3-2-4-6-16/h2-14H,1H3,(H3,22,23,24,25,26,27,28)/b8-7+. The largest absolute Gasteiger partial charge is 0.340 e. The summed E-state index contributed by atoms with van der Waals surface area (Å²) in [5.41, 5.74) is 2.94. The number of aryl methyl sites for hydroxylation is 1. The Bertz CT molecular complexity index is 1070. The van der Waals surface area contributed by atoms with Crippen LogP contribution in [0.15, 0.2) is 67.0 Å². The van der Waals surface area contributed by atoms with Gasteiger partial charge in [-0.3, -0.25) is 10.1 Å². The van der Waals surface area contributed by atoms with Gasteiger partial charge in [-0.25, -0.2) is 9.97 Å².